The van der Waals surface area contributed by atoms with Crippen molar-refractivity contribution in [2.24, 2.45) is 12.8 Å². The highest BCUT2D eigenvalue weighted by Crippen LogP contribution is 2.23. The Kier molecular flexibility index (Phi) is 1.93. The van der Waals surface area contributed by atoms with E-state index in [1.807, 2.05) is 30.8 Å². The highest BCUT2D eigenvalue weighted by Gasteiger charge is 2.07. The van der Waals surface area contributed by atoms with Crippen molar-refractivity contribution in [3.8, 4) is 0 Å². The quantitative estimate of drug-likeness (QED) is 0.657. The summed E-state index contributed by atoms with van der Waals surface area (Å²) >= 11 is 0. The van der Waals surface area contributed by atoms with Crippen LogP contribution in [-0.4, -0.2) is 9.78 Å². The molecule has 0 unspecified atom stereocenters. The van der Waals surface area contributed by atoms with Crippen LogP contribution in [0.2, 0.25) is 0 Å². The lowest BCUT2D eigenvalue weighted by atomic mass is 10.1. The molecule has 0 atom stereocenters. The summed E-state index contributed by atoms with van der Waals surface area (Å²) in [5, 5.41) is 5.45. The van der Waals surface area contributed by atoms with Crippen LogP contribution in [0.25, 0.3) is 10.9 Å². The van der Waals surface area contributed by atoms with E-state index in [0.29, 0.717) is 6.54 Å². The molecule has 0 fully saturated rings. The summed E-state index contributed by atoms with van der Waals surface area (Å²) in [5.74, 6) is 0. The van der Waals surface area contributed by atoms with E-state index >= 15 is 0 Å². The largest absolute Gasteiger partial charge is 0.398 e. The summed E-state index contributed by atoms with van der Waals surface area (Å²) in [6.45, 7) is 2.45. The lowest BCUT2D eigenvalue weighted by Crippen LogP contribution is -2.01. The van der Waals surface area contributed by atoms with Crippen LogP contribution in [0.3, 0.4) is 0 Å². The first-order chi connectivity index (χ1) is 6.63. The number of rotatable bonds is 1. The van der Waals surface area contributed by atoms with Crippen molar-refractivity contribution in [1.82, 2.24) is 9.78 Å². The number of nitrogen functional groups attached to an aromatic ring is 1. The van der Waals surface area contributed by atoms with Gasteiger partial charge in [0, 0.05) is 24.7 Å². The Morgan fingerprint density at radius 2 is 2.14 bits per heavy atom. The number of nitrogens with zero attached hydrogens (tertiary/aromatic N) is 2. The maximum Gasteiger partial charge on any atom is 0.0702 e. The van der Waals surface area contributed by atoms with Crippen molar-refractivity contribution in [3.63, 3.8) is 0 Å². The molecule has 1 heterocycles. The van der Waals surface area contributed by atoms with Gasteiger partial charge in [-0.2, -0.15) is 5.10 Å². The van der Waals surface area contributed by atoms with Gasteiger partial charge in [-0.1, -0.05) is 0 Å². The summed E-state index contributed by atoms with van der Waals surface area (Å²) in [6, 6.07) is 3.95. The molecule has 1 aromatic heterocycles. The van der Waals surface area contributed by atoms with Gasteiger partial charge in [0.1, 0.15) is 0 Å². The molecule has 4 N–H and O–H groups in total. The van der Waals surface area contributed by atoms with Crippen LogP contribution in [0.15, 0.2) is 12.1 Å². The van der Waals surface area contributed by atoms with Gasteiger partial charge in [-0.3, -0.25) is 4.68 Å². The average molecular weight is 190 g/mol. The second kappa shape index (κ2) is 2.99. The van der Waals surface area contributed by atoms with Gasteiger partial charge in [0.15, 0.2) is 0 Å². The van der Waals surface area contributed by atoms with Gasteiger partial charge in [0.25, 0.3) is 0 Å². The predicted octanol–water partition coefficient (Wildman–Crippen LogP) is 0.923. The van der Waals surface area contributed by atoms with E-state index in [1.165, 1.54) is 0 Å². The molecule has 1 aromatic carbocycles. The first-order valence-corrected chi connectivity index (χ1v) is 4.55. The first kappa shape index (κ1) is 9.02. The number of aromatic nitrogens is 2. The van der Waals surface area contributed by atoms with Crippen molar-refractivity contribution in [3.05, 3.63) is 23.4 Å². The molecule has 4 heteroatoms. The summed E-state index contributed by atoms with van der Waals surface area (Å²) in [4.78, 5) is 0. The monoisotopic (exact) mass is 190 g/mol. The Morgan fingerprint density at radius 3 is 2.79 bits per heavy atom. The van der Waals surface area contributed by atoms with E-state index in [2.05, 4.69) is 5.10 Å². The fourth-order valence-electron chi connectivity index (χ4n) is 1.72. The summed E-state index contributed by atoms with van der Waals surface area (Å²) in [7, 11) is 1.91. The maximum atomic E-state index is 5.85. The van der Waals surface area contributed by atoms with Crippen molar-refractivity contribution in [2.45, 2.75) is 13.5 Å². The first-order valence-electron chi connectivity index (χ1n) is 4.55. The Hall–Kier alpha value is -1.55. The van der Waals surface area contributed by atoms with E-state index < -0.39 is 0 Å². The molecule has 0 aliphatic carbocycles. The van der Waals surface area contributed by atoms with E-state index in [4.69, 9.17) is 11.5 Å². The van der Waals surface area contributed by atoms with Gasteiger partial charge < -0.3 is 11.5 Å². The minimum Gasteiger partial charge on any atom is -0.398 e. The van der Waals surface area contributed by atoms with Gasteiger partial charge in [-0.25, -0.2) is 0 Å². The Labute approximate surface area is 82.5 Å². The number of aryl methyl sites for hydroxylation is 2. The summed E-state index contributed by atoms with van der Waals surface area (Å²) < 4.78 is 1.83. The lowest BCUT2D eigenvalue weighted by Gasteiger charge is -2.03. The zero-order valence-corrected chi connectivity index (χ0v) is 8.41. The van der Waals surface area contributed by atoms with E-state index in [1.54, 1.807) is 0 Å². The van der Waals surface area contributed by atoms with Crippen molar-refractivity contribution in [2.75, 3.05) is 5.73 Å². The molecule has 0 aliphatic rings. The van der Waals surface area contributed by atoms with Crippen LogP contribution < -0.4 is 11.5 Å². The van der Waals surface area contributed by atoms with Crippen LogP contribution in [0.4, 0.5) is 5.69 Å². The van der Waals surface area contributed by atoms with Gasteiger partial charge in [-0.15, -0.1) is 0 Å². The second-order valence-electron chi connectivity index (χ2n) is 3.48. The molecule has 2 aromatic rings. The molecule has 0 amide bonds. The standard InChI is InChI=1S/C10H14N4/c1-6-8-3-7(5-11)9(12)4-10(8)14(2)13-6/h3-4H,5,11-12H2,1-2H3. The van der Waals surface area contributed by atoms with E-state index in [0.717, 1.165) is 27.8 Å². The van der Waals surface area contributed by atoms with Crippen molar-refractivity contribution in [1.29, 1.82) is 0 Å². The Bertz CT molecular complexity index is 484. The molecule has 14 heavy (non-hydrogen) atoms. The summed E-state index contributed by atoms with van der Waals surface area (Å²) in [5.41, 5.74) is 15.2. The van der Waals surface area contributed by atoms with Crippen LogP contribution in [0.1, 0.15) is 11.3 Å². The van der Waals surface area contributed by atoms with E-state index in [9.17, 15) is 0 Å². The maximum absolute atomic E-state index is 5.85. The van der Waals surface area contributed by atoms with Gasteiger partial charge >= 0.3 is 0 Å². The Morgan fingerprint density at radius 1 is 1.43 bits per heavy atom. The zero-order chi connectivity index (χ0) is 10.3. The van der Waals surface area contributed by atoms with Crippen LogP contribution in [0.5, 0.6) is 0 Å². The molecule has 0 saturated carbocycles. The van der Waals surface area contributed by atoms with Crippen LogP contribution in [0, 0.1) is 6.92 Å². The normalized spacial score (nSPS) is 11.1. The molecule has 0 spiro atoms. The molecule has 0 radical (unpaired) electrons. The number of hydrogen-bond donors (Lipinski definition) is 2. The van der Waals surface area contributed by atoms with Crippen molar-refractivity contribution < 1.29 is 0 Å². The molecule has 0 bridgehead atoms. The highest BCUT2D eigenvalue weighted by molar-refractivity contribution is 5.86. The number of hydrogen-bond acceptors (Lipinski definition) is 3. The second-order valence-corrected chi connectivity index (χ2v) is 3.48. The number of fused-ring (bicyclic) bond motifs is 1. The minimum atomic E-state index is 0.468. The number of nitrogens with two attached hydrogens (primary N) is 2. The number of benzene rings is 1. The Balaban J connectivity index is 2.82. The van der Waals surface area contributed by atoms with Crippen LogP contribution >= 0.6 is 0 Å². The topological polar surface area (TPSA) is 69.9 Å². The van der Waals surface area contributed by atoms with Gasteiger partial charge in [0.05, 0.1) is 11.2 Å². The highest BCUT2D eigenvalue weighted by atomic mass is 15.3. The van der Waals surface area contributed by atoms with Gasteiger partial charge in [-0.05, 0) is 24.6 Å². The predicted molar refractivity (Wildman–Crippen MR) is 57.8 cm³/mol. The molecular weight excluding hydrogens is 176 g/mol. The lowest BCUT2D eigenvalue weighted by molar-refractivity contribution is 0.783. The molecular formula is C10H14N4. The molecule has 74 valence electrons. The SMILES string of the molecule is Cc1nn(C)c2cc(N)c(CN)cc12. The number of anilines is 1. The molecule has 0 saturated heterocycles. The van der Waals surface area contributed by atoms with Crippen LogP contribution in [-0.2, 0) is 13.6 Å². The fraction of sp³-hybridized carbons (Fsp3) is 0.300. The summed E-state index contributed by atoms with van der Waals surface area (Å²) in [6.07, 6.45) is 0. The fourth-order valence-corrected chi connectivity index (χ4v) is 1.72. The molecule has 4 nitrogen and oxygen atoms in total. The minimum absolute atomic E-state index is 0.468. The van der Waals surface area contributed by atoms with E-state index in [-0.39, 0.29) is 0 Å². The smallest absolute Gasteiger partial charge is 0.0702 e. The van der Waals surface area contributed by atoms with Gasteiger partial charge in [0.2, 0.25) is 0 Å². The third kappa shape index (κ3) is 1.15. The van der Waals surface area contributed by atoms with Crippen molar-refractivity contribution >= 4 is 16.6 Å². The molecule has 0 aliphatic heterocycles. The third-order valence-corrected chi connectivity index (χ3v) is 2.52. The molecule has 2 rings (SSSR count). The zero-order valence-electron chi connectivity index (χ0n) is 8.41. The average Bonchev–Trinajstić information content (AvgIpc) is 2.41. The third-order valence-electron chi connectivity index (χ3n) is 2.52.